The predicted molar refractivity (Wildman–Crippen MR) is 131 cm³/mol. The number of hydrogen-bond donors (Lipinski definition) is 2. The minimum atomic E-state index is -0.621. The predicted octanol–water partition coefficient (Wildman–Crippen LogP) is 4.62. The molecule has 188 valence electrons. The normalized spacial score (nSPS) is 18.1. The lowest BCUT2D eigenvalue weighted by atomic mass is 9.95. The van der Waals surface area contributed by atoms with E-state index in [9.17, 15) is 14.4 Å². The summed E-state index contributed by atoms with van der Waals surface area (Å²) in [6.07, 6.45) is 3.11. The highest BCUT2D eigenvalue weighted by atomic mass is 16.6. The molecule has 2 aromatic rings. The molecule has 0 spiro atoms. The number of carbonyl (C=O) groups is 3. The molecule has 0 radical (unpaired) electrons. The third-order valence-corrected chi connectivity index (χ3v) is 5.55. The van der Waals surface area contributed by atoms with Gasteiger partial charge in [-0.25, -0.2) is 9.59 Å². The number of esters is 1. The molecule has 2 N–H and O–H groups in total. The number of amides is 2. The average molecular weight is 484 g/mol. The van der Waals surface area contributed by atoms with E-state index in [1.807, 2.05) is 45.9 Å². The number of fused-ring (bicyclic) bond motifs is 4. The Morgan fingerprint density at radius 3 is 2.66 bits per heavy atom. The molecule has 2 heterocycles. The zero-order chi connectivity index (χ0) is 25.6. The highest BCUT2D eigenvalue weighted by molar-refractivity contribution is 5.97. The summed E-state index contributed by atoms with van der Waals surface area (Å²) < 4.78 is 15.6. The molecule has 0 fully saturated rings. The second-order valence-electron chi connectivity index (χ2n) is 9.56. The highest BCUT2D eigenvalue weighted by Crippen LogP contribution is 2.34. The molecular weight excluding hydrogens is 450 g/mol. The molecule has 9 nitrogen and oxygen atoms in total. The van der Waals surface area contributed by atoms with Crippen LogP contribution < -0.4 is 15.4 Å². The molecular formula is C26H33N3O6. The van der Waals surface area contributed by atoms with Crippen molar-refractivity contribution in [2.75, 3.05) is 19.0 Å². The number of nitrogens with one attached hydrogen (secondary N) is 2. The highest BCUT2D eigenvalue weighted by Gasteiger charge is 2.24. The topological polar surface area (TPSA) is 116 Å². The van der Waals surface area contributed by atoms with Crippen LogP contribution in [0.1, 0.15) is 58.7 Å². The molecule has 0 saturated heterocycles. The SMILES string of the molecule is COC(=O)COc1ccc2c(c1)NC(=O)[C@H](C)CCC[C@H](NC(=O)OC(C)(C)C)c1cc-2ccn1. The molecule has 9 heteroatoms. The minimum Gasteiger partial charge on any atom is -0.482 e. The van der Waals surface area contributed by atoms with Crippen LogP contribution in [0.4, 0.5) is 10.5 Å². The van der Waals surface area contributed by atoms with Gasteiger partial charge in [-0.05, 0) is 63.4 Å². The van der Waals surface area contributed by atoms with Crippen LogP contribution in [-0.2, 0) is 19.1 Å². The van der Waals surface area contributed by atoms with Crippen LogP contribution in [0.3, 0.4) is 0 Å². The van der Waals surface area contributed by atoms with Gasteiger partial charge in [0.25, 0.3) is 0 Å². The lowest BCUT2D eigenvalue weighted by molar-refractivity contribution is -0.142. The lowest BCUT2D eigenvalue weighted by Gasteiger charge is -2.25. The first-order valence-corrected chi connectivity index (χ1v) is 11.7. The summed E-state index contributed by atoms with van der Waals surface area (Å²) in [5.74, 6) is -0.455. The van der Waals surface area contributed by atoms with Crippen molar-refractivity contribution in [3.05, 3.63) is 42.2 Å². The standard InChI is InChI=1S/C26H33N3O6/c1-16-7-6-8-20(29-25(32)35-26(2,3)4)22-13-17(11-12-27-22)19-10-9-18(34-15-23(30)33-5)14-21(19)28-24(16)31/h9-14,16,20H,6-8,15H2,1-5H3,(H,28,31)(H,29,32)/t16-,20+/m1/s1. The van der Waals surface area contributed by atoms with Crippen LogP contribution >= 0.6 is 0 Å². The van der Waals surface area contributed by atoms with Gasteiger partial charge in [0.15, 0.2) is 6.61 Å². The summed E-state index contributed by atoms with van der Waals surface area (Å²) in [6, 6.07) is 8.58. The van der Waals surface area contributed by atoms with Gasteiger partial charge in [0.05, 0.1) is 24.5 Å². The Bertz CT molecular complexity index is 1080. The Balaban J connectivity index is 1.98. The Kier molecular flexibility index (Phi) is 8.32. The van der Waals surface area contributed by atoms with Crippen LogP contribution in [0.2, 0.25) is 0 Å². The van der Waals surface area contributed by atoms with Crippen molar-refractivity contribution in [1.82, 2.24) is 10.3 Å². The molecule has 1 aliphatic heterocycles. The fourth-order valence-electron chi connectivity index (χ4n) is 3.73. The first-order chi connectivity index (χ1) is 16.6. The largest absolute Gasteiger partial charge is 0.482 e. The number of anilines is 1. The van der Waals surface area contributed by atoms with Gasteiger partial charge in [0.2, 0.25) is 5.91 Å². The first-order valence-electron chi connectivity index (χ1n) is 11.7. The van der Waals surface area contributed by atoms with E-state index in [1.165, 1.54) is 7.11 Å². The Morgan fingerprint density at radius 1 is 1.17 bits per heavy atom. The number of methoxy groups -OCH3 is 1. The fourth-order valence-corrected chi connectivity index (χ4v) is 3.73. The summed E-state index contributed by atoms with van der Waals surface area (Å²) in [5.41, 5.74) is 2.21. The van der Waals surface area contributed by atoms with Crippen LogP contribution in [0.15, 0.2) is 36.5 Å². The maximum Gasteiger partial charge on any atom is 0.408 e. The van der Waals surface area contributed by atoms with Gasteiger partial charge in [0, 0.05) is 23.7 Å². The first kappa shape index (κ1) is 26.0. The molecule has 2 atom stereocenters. The number of carbonyl (C=O) groups excluding carboxylic acids is 3. The third-order valence-electron chi connectivity index (χ3n) is 5.55. The van der Waals surface area contributed by atoms with E-state index >= 15 is 0 Å². The summed E-state index contributed by atoms with van der Waals surface area (Å²) in [4.78, 5) is 41.4. The Morgan fingerprint density at radius 2 is 1.94 bits per heavy atom. The Hall–Kier alpha value is -3.62. The van der Waals surface area contributed by atoms with E-state index in [2.05, 4.69) is 20.4 Å². The van der Waals surface area contributed by atoms with Crippen molar-refractivity contribution in [1.29, 1.82) is 0 Å². The lowest BCUT2D eigenvalue weighted by Crippen LogP contribution is -2.35. The number of hydrogen-bond acceptors (Lipinski definition) is 7. The maximum atomic E-state index is 12.9. The van der Waals surface area contributed by atoms with Gasteiger partial charge >= 0.3 is 12.1 Å². The van der Waals surface area contributed by atoms with Gasteiger partial charge < -0.3 is 24.8 Å². The minimum absolute atomic E-state index is 0.122. The average Bonchev–Trinajstić information content (AvgIpc) is 2.80. The van der Waals surface area contributed by atoms with E-state index in [0.717, 1.165) is 11.1 Å². The number of ether oxygens (including phenoxy) is 3. The zero-order valence-electron chi connectivity index (χ0n) is 20.8. The molecule has 1 aromatic carbocycles. The van der Waals surface area contributed by atoms with Gasteiger partial charge in [0.1, 0.15) is 11.4 Å². The molecule has 0 unspecified atom stereocenters. The third kappa shape index (κ3) is 7.43. The number of alkyl carbamates (subject to hydrolysis) is 1. The molecule has 2 bridgehead atoms. The van der Waals surface area contributed by atoms with E-state index in [1.54, 1.807) is 18.3 Å². The molecule has 0 aliphatic carbocycles. The number of benzene rings is 1. The van der Waals surface area contributed by atoms with Crippen LogP contribution in [0.5, 0.6) is 5.75 Å². The summed E-state index contributed by atoms with van der Waals surface area (Å²) >= 11 is 0. The molecule has 2 amide bonds. The fraction of sp³-hybridized carbons (Fsp3) is 0.462. The van der Waals surface area contributed by atoms with Crippen molar-refractivity contribution < 1.29 is 28.6 Å². The van der Waals surface area contributed by atoms with E-state index in [0.29, 0.717) is 36.4 Å². The second-order valence-corrected chi connectivity index (χ2v) is 9.56. The zero-order valence-corrected chi connectivity index (χ0v) is 20.8. The second kappa shape index (κ2) is 11.2. The number of aromatic nitrogens is 1. The summed E-state index contributed by atoms with van der Waals surface area (Å²) in [7, 11) is 1.29. The molecule has 0 saturated carbocycles. The smallest absolute Gasteiger partial charge is 0.408 e. The summed E-state index contributed by atoms with van der Waals surface area (Å²) in [5, 5.41) is 5.94. The quantitative estimate of drug-likeness (QED) is 0.609. The van der Waals surface area contributed by atoms with Gasteiger partial charge in [-0.1, -0.05) is 13.3 Å². The monoisotopic (exact) mass is 483 g/mol. The van der Waals surface area contributed by atoms with Crippen molar-refractivity contribution in [3.8, 4) is 16.9 Å². The number of pyridine rings is 1. The van der Waals surface area contributed by atoms with Crippen molar-refractivity contribution in [2.24, 2.45) is 5.92 Å². The van der Waals surface area contributed by atoms with Crippen molar-refractivity contribution in [2.45, 2.75) is 58.6 Å². The van der Waals surface area contributed by atoms with Crippen LogP contribution in [-0.4, -0.2) is 42.3 Å². The van der Waals surface area contributed by atoms with Crippen LogP contribution in [0, 0.1) is 5.92 Å². The van der Waals surface area contributed by atoms with E-state index < -0.39 is 17.7 Å². The Labute approximate surface area is 205 Å². The van der Waals surface area contributed by atoms with Gasteiger partial charge in [-0.2, -0.15) is 0 Å². The van der Waals surface area contributed by atoms with E-state index in [4.69, 9.17) is 9.47 Å². The molecule has 3 rings (SSSR count). The number of rotatable bonds is 4. The van der Waals surface area contributed by atoms with Crippen LogP contribution in [0.25, 0.3) is 11.1 Å². The molecule has 1 aromatic heterocycles. The molecule has 1 aliphatic rings. The van der Waals surface area contributed by atoms with Gasteiger partial charge in [-0.3, -0.25) is 9.78 Å². The van der Waals surface area contributed by atoms with Gasteiger partial charge in [-0.15, -0.1) is 0 Å². The summed E-state index contributed by atoms with van der Waals surface area (Å²) in [6.45, 7) is 7.07. The number of nitrogens with zero attached hydrogens (tertiary/aromatic N) is 1. The maximum absolute atomic E-state index is 12.9. The van der Waals surface area contributed by atoms with Crippen molar-refractivity contribution in [3.63, 3.8) is 0 Å². The van der Waals surface area contributed by atoms with Crippen molar-refractivity contribution >= 4 is 23.7 Å². The van der Waals surface area contributed by atoms with E-state index in [-0.39, 0.29) is 24.5 Å². The molecule has 35 heavy (non-hydrogen) atoms.